The summed E-state index contributed by atoms with van der Waals surface area (Å²) in [6.07, 6.45) is -1.46. The van der Waals surface area contributed by atoms with Crippen LogP contribution in [0.2, 0.25) is 5.02 Å². The number of hydrogen-bond acceptors (Lipinski definition) is 4. The molecule has 6 heteroatoms. The van der Waals surface area contributed by atoms with Crippen molar-refractivity contribution < 1.29 is 19.4 Å². The van der Waals surface area contributed by atoms with E-state index < -0.39 is 6.16 Å². The molecule has 0 aliphatic heterocycles. The second kappa shape index (κ2) is 6.54. The van der Waals surface area contributed by atoms with E-state index >= 15 is 0 Å². The highest BCUT2D eigenvalue weighted by molar-refractivity contribution is 6.31. The summed E-state index contributed by atoms with van der Waals surface area (Å²) < 4.78 is 10.4. The van der Waals surface area contributed by atoms with Gasteiger partial charge in [0.15, 0.2) is 5.75 Å². The summed E-state index contributed by atoms with van der Waals surface area (Å²) in [6, 6.07) is 16.3. The number of hydrogen-bond donors (Lipinski definition) is 1. The van der Waals surface area contributed by atoms with Crippen LogP contribution in [0.5, 0.6) is 11.6 Å². The van der Waals surface area contributed by atoms with Gasteiger partial charge in [0.1, 0.15) is 6.61 Å². The lowest BCUT2D eigenvalue weighted by Crippen LogP contribution is -2.07. The molecule has 0 saturated heterocycles. The molecular weight excluding hydrogens is 318 g/mol. The SMILES string of the molecule is O=C(O)Oc1nc2cc(Cl)ccc2cc1OCc1ccccc1. The number of rotatable bonds is 4. The largest absolute Gasteiger partial charge is 0.512 e. The predicted molar refractivity (Wildman–Crippen MR) is 86.2 cm³/mol. The van der Waals surface area contributed by atoms with Gasteiger partial charge in [0.05, 0.1) is 5.52 Å². The lowest BCUT2D eigenvalue weighted by molar-refractivity contribution is 0.140. The van der Waals surface area contributed by atoms with Crippen molar-refractivity contribution in [2.75, 3.05) is 0 Å². The molecule has 0 spiro atoms. The Morgan fingerprint density at radius 2 is 1.91 bits per heavy atom. The zero-order valence-corrected chi connectivity index (χ0v) is 12.7. The molecule has 0 bridgehead atoms. The van der Waals surface area contributed by atoms with Gasteiger partial charge in [-0.25, -0.2) is 9.78 Å². The van der Waals surface area contributed by atoms with Crippen molar-refractivity contribution in [1.29, 1.82) is 0 Å². The molecule has 0 aliphatic carbocycles. The second-order valence-corrected chi connectivity index (χ2v) is 5.21. The van der Waals surface area contributed by atoms with Crippen LogP contribution in [0.15, 0.2) is 54.6 Å². The van der Waals surface area contributed by atoms with Crippen molar-refractivity contribution in [2.45, 2.75) is 6.61 Å². The van der Waals surface area contributed by atoms with Crippen molar-refractivity contribution in [3.05, 3.63) is 65.2 Å². The molecule has 0 aliphatic rings. The summed E-state index contributed by atoms with van der Waals surface area (Å²) in [5.74, 6) is 0.147. The third-order valence-corrected chi connectivity index (χ3v) is 3.37. The van der Waals surface area contributed by atoms with E-state index in [1.165, 1.54) is 0 Å². The van der Waals surface area contributed by atoms with Crippen LogP contribution in [0.1, 0.15) is 5.56 Å². The average molecular weight is 330 g/mol. The van der Waals surface area contributed by atoms with Gasteiger partial charge >= 0.3 is 6.16 Å². The van der Waals surface area contributed by atoms with E-state index in [-0.39, 0.29) is 18.2 Å². The topological polar surface area (TPSA) is 68.7 Å². The zero-order chi connectivity index (χ0) is 16.2. The molecule has 0 amide bonds. The second-order valence-electron chi connectivity index (χ2n) is 4.77. The lowest BCUT2D eigenvalue weighted by atomic mass is 10.2. The summed E-state index contributed by atoms with van der Waals surface area (Å²) in [7, 11) is 0. The summed E-state index contributed by atoms with van der Waals surface area (Å²) >= 11 is 5.93. The summed E-state index contributed by atoms with van der Waals surface area (Å²) in [5.41, 5.74) is 1.48. The highest BCUT2D eigenvalue weighted by atomic mass is 35.5. The van der Waals surface area contributed by atoms with Gasteiger partial charge in [-0.15, -0.1) is 0 Å². The molecule has 1 N–H and O–H groups in total. The van der Waals surface area contributed by atoms with Crippen LogP contribution in [0.4, 0.5) is 4.79 Å². The number of carboxylic acid groups (broad SMARTS) is 1. The maximum atomic E-state index is 10.9. The molecular formula is C17H12ClNO4. The van der Waals surface area contributed by atoms with E-state index in [0.717, 1.165) is 10.9 Å². The van der Waals surface area contributed by atoms with Crippen LogP contribution in [-0.4, -0.2) is 16.2 Å². The number of carbonyl (C=O) groups is 1. The van der Waals surface area contributed by atoms with Crippen molar-refractivity contribution in [2.24, 2.45) is 0 Å². The number of pyridine rings is 1. The quantitative estimate of drug-likeness (QED) is 0.712. The van der Waals surface area contributed by atoms with Crippen molar-refractivity contribution in [3.8, 4) is 11.6 Å². The number of nitrogens with zero attached hydrogens (tertiary/aromatic N) is 1. The summed E-state index contributed by atoms with van der Waals surface area (Å²) in [5, 5.41) is 10.1. The van der Waals surface area contributed by atoms with Gasteiger partial charge in [-0.05, 0) is 23.8 Å². The molecule has 0 saturated carbocycles. The Bertz CT molecular complexity index is 852. The number of fused-ring (bicyclic) bond motifs is 1. The van der Waals surface area contributed by atoms with Gasteiger partial charge in [0.2, 0.25) is 0 Å². The van der Waals surface area contributed by atoms with E-state index in [1.54, 1.807) is 24.3 Å². The minimum absolute atomic E-state index is 0.108. The highest BCUT2D eigenvalue weighted by Gasteiger charge is 2.14. The molecule has 23 heavy (non-hydrogen) atoms. The smallest absolute Gasteiger partial charge is 0.483 e. The van der Waals surface area contributed by atoms with Crippen LogP contribution in [0, 0.1) is 0 Å². The molecule has 0 radical (unpaired) electrons. The van der Waals surface area contributed by atoms with Gasteiger partial charge in [0.25, 0.3) is 5.88 Å². The van der Waals surface area contributed by atoms with Gasteiger partial charge in [0, 0.05) is 10.4 Å². The first-order valence-corrected chi connectivity index (χ1v) is 7.17. The third kappa shape index (κ3) is 3.70. The van der Waals surface area contributed by atoms with E-state index in [0.29, 0.717) is 10.5 Å². The zero-order valence-electron chi connectivity index (χ0n) is 11.9. The van der Waals surface area contributed by atoms with Gasteiger partial charge in [-0.2, -0.15) is 0 Å². The minimum atomic E-state index is -1.46. The van der Waals surface area contributed by atoms with E-state index in [2.05, 4.69) is 4.98 Å². The minimum Gasteiger partial charge on any atom is -0.483 e. The standard InChI is InChI=1S/C17H12ClNO4/c18-13-7-6-12-8-15(22-10-11-4-2-1-3-5-11)16(23-17(20)21)19-14(12)9-13/h1-9H,10H2,(H,20,21). The first-order chi connectivity index (χ1) is 11.1. The fourth-order valence-corrected chi connectivity index (χ4v) is 2.26. The molecule has 5 nitrogen and oxygen atoms in total. The third-order valence-electron chi connectivity index (χ3n) is 3.13. The van der Waals surface area contributed by atoms with Crippen LogP contribution < -0.4 is 9.47 Å². The molecule has 0 atom stereocenters. The fraction of sp³-hybridized carbons (Fsp3) is 0.0588. The Morgan fingerprint density at radius 1 is 1.13 bits per heavy atom. The number of aromatic nitrogens is 1. The maximum Gasteiger partial charge on any atom is 0.512 e. The molecule has 1 aromatic heterocycles. The van der Waals surface area contributed by atoms with Crippen LogP contribution in [-0.2, 0) is 6.61 Å². The molecule has 1 heterocycles. The monoisotopic (exact) mass is 329 g/mol. The molecule has 116 valence electrons. The van der Waals surface area contributed by atoms with Crippen LogP contribution in [0.25, 0.3) is 10.9 Å². The lowest BCUT2D eigenvalue weighted by Gasteiger charge is -2.11. The maximum absolute atomic E-state index is 10.9. The molecule has 2 aromatic carbocycles. The van der Waals surface area contributed by atoms with Gasteiger partial charge in [-0.3, -0.25) is 0 Å². The summed E-state index contributed by atoms with van der Waals surface area (Å²) in [6.45, 7) is 0.275. The Balaban J connectivity index is 1.95. The number of ether oxygens (including phenoxy) is 2. The normalized spacial score (nSPS) is 10.5. The molecule has 3 rings (SSSR count). The first-order valence-electron chi connectivity index (χ1n) is 6.79. The van der Waals surface area contributed by atoms with E-state index in [9.17, 15) is 4.79 Å². The Hall–Kier alpha value is -2.79. The van der Waals surface area contributed by atoms with Crippen molar-refractivity contribution in [1.82, 2.24) is 4.98 Å². The van der Waals surface area contributed by atoms with Crippen molar-refractivity contribution in [3.63, 3.8) is 0 Å². The Labute approximate surface area is 137 Å². The Morgan fingerprint density at radius 3 is 2.65 bits per heavy atom. The first kappa shape index (κ1) is 15.1. The van der Waals surface area contributed by atoms with Crippen LogP contribution in [0.3, 0.4) is 0 Å². The Kier molecular flexibility index (Phi) is 4.30. The predicted octanol–water partition coefficient (Wildman–Crippen LogP) is 4.52. The summed E-state index contributed by atoms with van der Waals surface area (Å²) in [4.78, 5) is 15.0. The number of halogens is 1. The van der Waals surface area contributed by atoms with E-state index in [1.807, 2.05) is 30.3 Å². The van der Waals surface area contributed by atoms with Gasteiger partial charge < -0.3 is 14.6 Å². The average Bonchev–Trinajstić information content (AvgIpc) is 2.53. The highest BCUT2D eigenvalue weighted by Crippen LogP contribution is 2.31. The number of benzene rings is 2. The molecule has 3 aromatic rings. The van der Waals surface area contributed by atoms with Crippen molar-refractivity contribution >= 4 is 28.7 Å². The molecule has 0 unspecified atom stereocenters. The van der Waals surface area contributed by atoms with Gasteiger partial charge in [-0.1, -0.05) is 48.0 Å². The molecule has 0 fully saturated rings. The fourth-order valence-electron chi connectivity index (χ4n) is 2.10. The van der Waals surface area contributed by atoms with Crippen LogP contribution >= 0.6 is 11.6 Å². The van der Waals surface area contributed by atoms with E-state index in [4.69, 9.17) is 26.2 Å².